The summed E-state index contributed by atoms with van der Waals surface area (Å²) >= 11 is 12.1. The predicted molar refractivity (Wildman–Crippen MR) is 155 cm³/mol. The van der Waals surface area contributed by atoms with Crippen LogP contribution in [0.2, 0.25) is 10.0 Å². The number of piperidine rings is 1. The van der Waals surface area contributed by atoms with Crippen LogP contribution >= 0.6 is 23.2 Å². The van der Waals surface area contributed by atoms with Crippen molar-refractivity contribution in [3.63, 3.8) is 0 Å². The van der Waals surface area contributed by atoms with Crippen LogP contribution in [0.4, 0.5) is 11.6 Å². The molecule has 0 spiro atoms. The van der Waals surface area contributed by atoms with Crippen molar-refractivity contribution in [3.8, 4) is 0 Å². The summed E-state index contributed by atoms with van der Waals surface area (Å²) in [6, 6.07) is 0.190. The monoisotopic (exact) mass is 631 g/mol. The molecule has 1 saturated heterocycles. The molecule has 0 aliphatic carbocycles. The van der Waals surface area contributed by atoms with Gasteiger partial charge in [0.05, 0.1) is 27.2 Å². The Morgan fingerprint density at radius 1 is 1.27 bits per heavy atom. The van der Waals surface area contributed by atoms with Crippen LogP contribution in [0.15, 0.2) is 29.4 Å². The van der Waals surface area contributed by atoms with E-state index in [1.54, 1.807) is 19.3 Å². The Morgan fingerprint density at radius 2 is 1.98 bits per heavy atom. The zero-order chi connectivity index (χ0) is 30.2. The standard InChI is InChI=1S/C25H35Cl2N7O6S/c1-3-40-21(35)14-32-23(36)20-11-15(2)6-10-34(20)24(37)19(5-4-7-29-25-30-8-9-31-25)33-41(38,39)16-12-17(26)22(28)18(27)13-16/h8-9,12-13,15,19-20,33H,3-7,10-11,14,28H2,1-2H3,(H,32,36)(H2,29,30,31)/t15-,19+,20-/m1/s1. The number of aromatic amines is 1. The van der Waals surface area contributed by atoms with Gasteiger partial charge in [0.1, 0.15) is 18.6 Å². The number of carbonyl (C=O) groups is 3. The first kappa shape index (κ1) is 32.4. The van der Waals surface area contributed by atoms with Gasteiger partial charge in [0.25, 0.3) is 0 Å². The van der Waals surface area contributed by atoms with E-state index >= 15 is 0 Å². The highest BCUT2D eigenvalue weighted by Crippen LogP contribution is 2.31. The molecule has 13 nitrogen and oxygen atoms in total. The molecule has 3 atom stereocenters. The van der Waals surface area contributed by atoms with Crippen LogP contribution in [0.3, 0.4) is 0 Å². The molecule has 0 saturated carbocycles. The third-order valence-corrected chi connectivity index (χ3v) is 8.66. The molecular formula is C25H35Cl2N7O6S. The minimum Gasteiger partial charge on any atom is -0.465 e. The van der Waals surface area contributed by atoms with Crippen molar-refractivity contribution in [1.29, 1.82) is 0 Å². The number of aromatic nitrogens is 2. The van der Waals surface area contributed by atoms with E-state index < -0.39 is 39.9 Å². The molecular weight excluding hydrogens is 597 g/mol. The van der Waals surface area contributed by atoms with E-state index in [1.165, 1.54) is 4.90 Å². The van der Waals surface area contributed by atoms with Gasteiger partial charge in [0.15, 0.2) is 5.95 Å². The minimum atomic E-state index is -4.28. The number of nitrogens with zero attached hydrogens (tertiary/aromatic N) is 2. The van der Waals surface area contributed by atoms with Gasteiger partial charge in [-0.15, -0.1) is 0 Å². The highest BCUT2D eigenvalue weighted by atomic mass is 35.5. The number of ether oxygens (including phenoxy) is 1. The Morgan fingerprint density at radius 3 is 2.61 bits per heavy atom. The summed E-state index contributed by atoms with van der Waals surface area (Å²) < 4.78 is 34.1. The summed E-state index contributed by atoms with van der Waals surface area (Å²) in [7, 11) is -4.28. The van der Waals surface area contributed by atoms with Crippen LogP contribution in [0, 0.1) is 5.92 Å². The lowest BCUT2D eigenvalue weighted by Gasteiger charge is -2.39. The molecule has 2 amide bonds. The molecule has 0 bridgehead atoms. The van der Waals surface area contributed by atoms with E-state index in [9.17, 15) is 22.8 Å². The van der Waals surface area contributed by atoms with Gasteiger partial charge in [0.2, 0.25) is 21.8 Å². The quantitative estimate of drug-likeness (QED) is 0.125. The smallest absolute Gasteiger partial charge is 0.325 e. The van der Waals surface area contributed by atoms with Gasteiger partial charge < -0.3 is 31.0 Å². The van der Waals surface area contributed by atoms with Crippen LogP contribution < -0.4 is 21.1 Å². The van der Waals surface area contributed by atoms with E-state index in [0.717, 1.165) is 12.1 Å². The number of carbonyl (C=O) groups excluding carboxylic acids is 3. The lowest BCUT2D eigenvalue weighted by Crippen LogP contribution is -2.58. The topological polar surface area (TPSA) is 189 Å². The lowest BCUT2D eigenvalue weighted by atomic mass is 9.91. The number of H-pyrrole nitrogens is 1. The molecule has 2 heterocycles. The van der Waals surface area contributed by atoms with Crippen LogP contribution in [0.1, 0.15) is 39.5 Å². The average molecular weight is 633 g/mol. The number of amides is 2. The summed E-state index contributed by atoms with van der Waals surface area (Å²) in [5.41, 5.74) is 5.79. The van der Waals surface area contributed by atoms with E-state index in [1.807, 2.05) is 6.92 Å². The Balaban J connectivity index is 1.82. The fraction of sp³-hybridized carbons (Fsp3) is 0.520. The van der Waals surface area contributed by atoms with E-state index in [-0.39, 0.29) is 52.7 Å². The Bertz CT molecular complexity index is 1300. The van der Waals surface area contributed by atoms with E-state index in [0.29, 0.717) is 31.8 Å². The molecule has 0 unspecified atom stereocenters. The van der Waals surface area contributed by atoms with Gasteiger partial charge in [0, 0.05) is 25.5 Å². The number of nitrogens with two attached hydrogens (primary N) is 1. The van der Waals surface area contributed by atoms with Gasteiger partial charge in [-0.25, -0.2) is 13.4 Å². The van der Waals surface area contributed by atoms with Gasteiger partial charge >= 0.3 is 5.97 Å². The van der Waals surface area contributed by atoms with Crippen molar-refractivity contribution in [1.82, 2.24) is 24.9 Å². The Labute approximate surface area is 248 Å². The van der Waals surface area contributed by atoms with Crippen LogP contribution in [0.5, 0.6) is 0 Å². The maximum absolute atomic E-state index is 13.9. The first-order valence-electron chi connectivity index (χ1n) is 13.2. The Kier molecular flexibility index (Phi) is 11.6. The van der Waals surface area contributed by atoms with Gasteiger partial charge in [-0.3, -0.25) is 14.4 Å². The summed E-state index contributed by atoms with van der Waals surface area (Å²) in [5.74, 6) is -1.02. The molecule has 1 aromatic heterocycles. The summed E-state index contributed by atoms with van der Waals surface area (Å²) in [6.07, 6.45) is 4.68. The predicted octanol–water partition coefficient (Wildman–Crippen LogP) is 2.14. The second kappa shape index (κ2) is 14.7. The molecule has 41 heavy (non-hydrogen) atoms. The van der Waals surface area contributed by atoms with Gasteiger partial charge in [-0.1, -0.05) is 30.1 Å². The van der Waals surface area contributed by atoms with Crippen molar-refractivity contribution >= 4 is 62.6 Å². The number of anilines is 2. The largest absolute Gasteiger partial charge is 0.465 e. The van der Waals surface area contributed by atoms with Gasteiger partial charge in [-0.2, -0.15) is 4.72 Å². The highest BCUT2D eigenvalue weighted by molar-refractivity contribution is 7.89. The van der Waals surface area contributed by atoms with Crippen LogP contribution in [-0.4, -0.2) is 79.4 Å². The first-order chi connectivity index (χ1) is 19.4. The third kappa shape index (κ3) is 8.96. The number of nitrogen functional groups attached to an aromatic ring is 1. The van der Waals surface area contributed by atoms with Crippen molar-refractivity contribution in [2.24, 2.45) is 5.92 Å². The first-order valence-corrected chi connectivity index (χ1v) is 15.4. The maximum atomic E-state index is 13.9. The van der Waals surface area contributed by atoms with E-state index in [2.05, 4.69) is 25.3 Å². The van der Waals surface area contributed by atoms with Crippen molar-refractivity contribution < 1.29 is 27.5 Å². The number of esters is 1. The second-order valence-corrected chi connectivity index (χ2v) is 12.2. The van der Waals surface area contributed by atoms with E-state index in [4.69, 9.17) is 33.7 Å². The molecule has 1 fully saturated rings. The number of halogens is 2. The number of rotatable bonds is 13. The molecule has 16 heteroatoms. The third-order valence-electron chi connectivity index (χ3n) is 6.58. The molecule has 0 radical (unpaired) electrons. The second-order valence-electron chi connectivity index (χ2n) is 9.68. The average Bonchev–Trinajstić information content (AvgIpc) is 3.45. The number of hydrogen-bond acceptors (Lipinski definition) is 9. The summed E-state index contributed by atoms with van der Waals surface area (Å²) in [6.45, 7) is 4.07. The maximum Gasteiger partial charge on any atom is 0.325 e. The fourth-order valence-corrected chi connectivity index (χ4v) is 6.31. The van der Waals surface area contributed by atoms with Crippen molar-refractivity contribution in [2.75, 3.05) is 37.3 Å². The molecule has 3 rings (SSSR count). The molecule has 1 aliphatic heterocycles. The number of imidazole rings is 1. The number of likely N-dealkylation sites (tertiary alicyclic amines) is 1. The molecule has 226 valence electrons. The van der Waals surface area contributed by atoms with Crippen molar-refractivity contribution in [3.05, 3.63) is 34.6 Å². The molecule has 2 aromatic rings. The highest BCUT2D eigenvalue weighted by Gasteiger charge is 2.39. The number of hydrogen-bond donors (Lipinski definition) is 5. The zero-order valence-corrected chi connectivity index (χ0v) is 25.1. The molecule has 1 aliphatic rings. The molecule has 1 aromatic carbocycles. The Hall–Kier alpha value is -3.07. The molecule has 6 N–H and O–H groups in total. The summed E-state index contributed by atoms with van der Waals surface area (Å²) in [5, 5.41) is 5.49. The fourth-order valence-electron chi connectivity index (χ4n) is 4.42. The van der Waals surface area contributed by atoms with Crippen molar-refractivity contribution in [2.45, 2.75) is 56.5 Å². The SMILES string of the molecule is CCOC(=O)CNC(=O)[C@H]1C[C@H](C)CCN1C(=O)[C@H](CCCNc1ncc[nH]1)NS(=O)(=O)c1cc(Cl)c(N)c(Cl)c1. The van der Waals surface area contributed by atoms with Crippen LogP contribution in [-0.2, 0) is 29.1 Å². The lowest BCUT2D eigenvalue weighted by molar-refractivity contribution is -0.147. The van der Waals surface area contributed by atoms with Crippen LogP contribution in [0.25, 0.3) is 0 Å². The summed E-state index contributed by atoms with van der Waals surface area (Å²) in [4.78, 5) is 46.8. The number of benzene rings is 1. The number of sulfonamides is 1. The number of nitrogens with one attached hydrogen (secondary N) is 4. The van der Waals surface area contributed by atoms with Gasteiger partial charge in [-0.05, 0) is 50.7 Å². The zero-order valence-electron chi connectivity index (χ0n) is 22.8. The normalized spacial score (nSPS) is 18.0. The minimum absolute atomic E-state index is 0.0306.